The molecule has 86 valence electrons. The fourth-order valence-corrected chi connectivity index (χ4v) is 3.30. The van der Waals surface area contributed by atoms with Crippen LogP contribution in [0.3, 0.4) is 0 Å². The van der Waals surface area contributed by atoms with Crippen LogP contribution in [-0.4, -0.2) is 18.9 Å². The van der Waals surface area contributed by atoms with Crippen LogP contribution in [0.5, 0.6) is 0 Å². The molecule has 3 nitrogen and oxygen atoms in total. The molecule has 0 aromatic rings. The van der Waals surface area contributed by atoms with E-state index in [0.29, 0.717) is 12.8 Å². The lowest BCUT2D eigenvalue weighted by Crippen LogP contribution is -2.43. The Morgan fingerprint density at radius 2 is 2.38 bits per heavy atom. The van der Waals surface area contributed by atoms with Crippen LogP contribution in [0.15, 0.2) is 22.7 Å². The lowest BCUT2D eigenvalue weighted by Gasteiger charge is -2.40. The van der Waals surface area contributed by atoms with Crippen LogP contribution >= 0.6 is 15.9 Å². The van der Waals surface area contributed by atoms with Crippen molar-refractivity contribution in [3.63, 3.8) is 0 Å². The maximum Gasteiger partial charge on any atom is 0.316 e. The lowest BCUT2D eigenvalue weighted by molar-refractivity contribution is -0.153. The van der Waals surface area contributed by atoms with Gasteiger partial charge in [-0.3, -0.25) is 9.59 Å². The molecule has 0 aliphatic heterocycles. The molecule has 0 fully saturated rings. The summed E-state index contributed by atoms with van der Waals surface area (Å²) in [4.78, 5) is 23.4. The van der Waals surface area contributed by atoms with Gasteiger partial charge in [0, 0.05) is 12.3 Å². The summed E-state index contributed by atoms with van der Waals surface area (Å²) >= 11 is 3.46. The molecule has 2 aliphatic carbocycles. The Balaban J connectivity index is 2.46. The third kappa shape index (κ3) is 1.65. The van der Waals surface area contributed by atoms with Gasteiger partial charge in [0.25, 0.3) is 0 Å². The van der Waals surface area contributed by atoms with Crippen molar-refractivity contribution in [2.24, 2.45) is 11.3 Å². The van der Waals surface area contributed by atoms with Gasteiger partial charge in [0.15, 0.2) is 5.78 Å². The Kier molecular flexibility index (Phi) is 3.02. The molecule has 4 heteroatoms. The summed E-state index contributed by atoms with van der Waals surface area (Å²) in [6, 6.07) is 0. The largest absolute Gasteiger partial charge is 0.468 e. The van der Waals surface area contributed by atoms with Gasteiger partial charge in [0.1, 0.15) is 0 Å². The van der Waals surface area contributed by atoms with Gasteiger partial charge in [0.2, 0.25) is 0 Å². The minimum absolute atomic E-state index is 0.0665. The Morgan fingerprint density at radius 3 is 3.06 bits per heavy atom. The van der Waals surface area contributed by atoms with Crippen LogP contribution in [-0.2, 0) is 14.3 Å². The van der Waals surface area contributed by atoms with E-state index in [-0.39, 0.29) is 17.7 Å². The molecule has 0 unspecified atom stereocenters. The molecule has 16 heavy (non-hydrogen) atoms. The molecule has 0 saturated heterocycles. The Morgan fingerprint density at radius 1 is 1.62 bits per heavy atom. The van der Waals surface area contributed by atoms with E-state index in [1.165, 1.54) is 13.2 Å². The summed E-state index contributed by atoms with van der Waals surface area (Å²) in [6.45, 7) is 0. The van der Waals surface area contributed by atoms with Crippen molar-refractivity contribution in [1.29, 1.82) is 0 Å². The molecular formula is C12H13BrO3. The normalized spacial score (nSPS) is 33.0. The van der Waals surface area contributed by atoms with Gasteiger partial charge in [-0.15, -0.1) is 0 Å². The van der Waals surface area contributed by atoms with Crippen molar-refractivity contribution in [3.05, 3.63) is 22.7 Å². The summed E-state index contributed by atoms with van der Waals surface area (Å²) in [5, 5.41) is 0. The van der Waals surface area contributed by atoms with Gasteiger partial charge >= 0.3 is 5.97 Å². The van der Waals surface area contributed by atoms with Crippen LogP contribution in [0.2, 0.25) is 0 Å². The summed E-state index contributed by atoms with van der Waals surface area (Å²) < 4.78 is 5.83. The lowest BCUT2D eigenvalue weighted by atomic mass is 9.65. The Labute approximate surface area is 103 Å². The molecule has 0 amide bonds. The van der Waals surface area contributed by atoms with E-state index in [1.807, 2.05) is 6.08 Å². The standard InChI is InChI=1S/C12H13BrO3/c1-16-11(15)12-5-2-3-10(13)9(12)7-8(14)4-6-12/h3-4,6,9H,2,5,7H2,1H3/t9-,12+/m0/s1. The number of ketones is 1. The third-order valence-corrected chi connectivity index (χ3v) is 4.27. The average Bonchev–Trinajstić information content (AvgIpc) is 2.29. The van der Waals surface area contributed by atoms with E-state index in [0.717, 1.165) is 10.9 Å². The van der Waals surface area contributed by atoms with E-state index < -0.39 is 5.41 Å². The first-order valence-electron chi connectivity index (χ1n) is 5.26. The second kappa shape index (κ2) is 4.17. The number of ether oxygens (including phenoxy) is 1. The molecule has 0 bridgehead atoms. The first-order valence-corrected chi connectivity index (χ1v) is 6.05. The summed E-state index contributed by atoms with van der Waals surface area (Å²) in [7, 11) is 1.39. The molecule has 0 N–H and O–H groups in total. The van der Waals surface area contributed by atoms with E-state index in [2.05, 4.69) is 15.9 Å². The molecule has 2 aliphatic rings. The molecule has 0 radical (unpaired) electrons. The van der Waals surface area contributed by atoms with Crippen LogP contribution in [0.4, 0.5) is 0 Å². The maximum atomic E-state index is 11.9. The fraction of sp³-hybridized carbons (Fsp3) is 0.500. The van der Waals surface area contributed by atoms with Crippen LogP contribution in [0.25, 0.3) is 0 Å². The smallest absolute Gasteiger partial charge is 0.316 e. The van der Waals surface area contributed by atoms with Crippen molar-refractivity contribution in [3.8, 4) is 0 Å². The highest BCUT2D eigenvalue weighted by molar-refractivity contribution is 9.11. The number of fused-ring (bicyclic) bond motifs is 1. The van der Waals surface area contributed by atoms with Crippen LogP contribution in [0, 0.1) is 11.3 Å². The van der Waals surface area contributed by atoms with E-state index in [9.17, 15) is 9.59 Å². The van der Waals surface area contributed by atoms with Gasteiger partial charge in [0.05, 0.1) is 12.5 Å². The predicted octanol–water partition coefficient (Wildman–Crippen LogP) is 2.36. The second-order valence-electron chi connectivity index (χ2n) is 4.22. The third-order valence-electron chi connectivity index (χ3n) is 3.39. The number of carbonyl (C=O) groups excluding carboxylic acids is 2. The molecule has 2 rings (SSSR count). The zero-order valence-corrected chi connectivity index (χ0v) is 10.6. The van der Waals surface area contributed by atoms with Gasteiger partial charge in [-0.05, 0) is 23.4 Å². The fourth-order valence-electron chi connectivity index (χ4n) is 2.50. The number of halogens is 1. The number of rotatable bonds is 1. The number of hydrogen-bond donors (Lipinski definition) is 0. The zero-order valence-electron chi connectivity index (χ0n) is 9.03. The number of hydrogen-bond acceptors (Lipinski definition) is 3. The SMILES string of the molecule is COC(=O)[C@]12C=CC(=O)C[C@H]1C(Br)=CCC2. The Bertz CT molecular complexity index is 397. The first kappa shape index (κ1) is 11.6. The zero-order chi connectivity index (χ0) is 11.8. The highest BCUT2D eigenvalue weighted by Gasteiger charge is 2.49. The molecular weight excluding hydrogens is 272 g/mol. The average molecular weight is 285 g/mol. The van der Waals surface area contributed by atoms with E-state index in [1.54, 1.807) is 6.08 Å². The predicted molar refractivity (Wildman–Crippen MR) is 62.9 cm³/mol. The van der Waals surface area contributed by atoms with Crippen molar-refractivity contribution in [2.75, 3.05) is 7.11 Å². The van der Waals surface area contributed by atoms with Crippen molar-refractivity contribution < 1.29 is 14.3 Å². The number of carbonyl (C=O) groups is 2. The summed E-state index contributed by atoms with van der Waals surface area (Å²) in [6.07, 6.45) is 7.19. The van der Waals surface area contributed by atoms with Crippen molar-refractivity contribution in [1.82, 2.24) is 0 Å². The summed E-state index contributed by atoms with van der Waals surface area (Å²) in [5.74, 6) is -0.269. The van der Waals surface area contributed by atoms with E-state index >= 15 is 0 Å². The highest BCUT2D eigenvalue weighted by atomic mass is 79.9. The van der Waals surface area contributed by atoms with Gasteiger partial charge in [-0.2, -0.15) is 0 Å². The van der Waals surface area contributed by atoms with E-state index in [4.69, 9.17) is 4.74 Å². The van der Waals surface area contributed by atoms with Gasteiger partial charge < -0.3 is 4.74 Å². The topological polar surface area (TPSA) is 43.4 Å². The number of methoxy groups -OCH3 is 1. The monoisotopic (exact) mass is 284 g/mol. The molecule has 0 aromatic carbocycles. The quantitative estimate of drug-likeness (QED) is 0.695. The first-order chi connectivity index (χ1) is 7.60. The summed E-state index contributed by atoms with van der Waals surface area (Å²) in [5.41, 5.74) is -0.643. The molecule has 0 aromatic heterocycles. The number of esters is 1. The molecule has 0 heterocycles. The number of allylic oxidation sites excluding steroid dienone is 3. The van der Waals surface area contributed by atoms with Crippen molar-refractivity contribution in [2.45, 2.75) is 19.3 Å². The minimum atomic E-state index is -0.643. The Hall–Kier alpha value is -0.900. The minimum Gasteiger partial charge on any atom is -0.468 e. The van der Waals surface area contributed by atoms with Crippen LogP contribution < -0.4 is 0 Å². The molecule has 2 atom stereocenters. The highest BCUT2D eigenvalue weighted by Crippen LogP contribution is 2.49. The van der Waals surface area contributed by atoms with Gasteiger partial charge in [-0.1, -0.05) is 28.1 Å². The van der Waals surface area contributed by atoms with Gasteiger partial charge in [-0.25, -0.2) is 0 Å². The molecule has 0 saturated carbocycles. The second-order valence-corrected chi connectivity index (χ2v) is 5.13. The molecule has 0 spiro atoms. The van der Waals surface area contributed by atoms with Crippen molar-refractivity contribution >= 4 is 27.7 Å². The maximum absolute atomic E-state index is 11.9. The van der Waals surface area contributed by atoms with Crippen LogP contribution in [0.1, 0.15) is 19.3 Å².